The predicted octanol–water partition coefficient (Wildman–Crippen LogP) is 27.1. The van der Waals surface area contributed by atoms with Crippen LogP contribution in [0.3, 0.4) is 0 Å². The van der Waals surface area contributed by atoms with Gasteiger partial charge in [-0.15, -0.1) is 0 Å². The van der Waals surface area contributed by atoms with Crippen molar-refractivity contribution in [2.45, 2.75) is 158 Å². The Labute approximate surface area is 753 Å². The van der Waals surface area contributed by atoms with Gasteiger partial charge in [0.1, 0.15) is 0 Å². The van der Waals surface area contributed by atoms with Gasteiger partial charge in [-0.2, -0.15) is 0 Å². The molecular weight excluding hydrogens is 1650 g/mol. The maximum Gasteiger partial charge on any atom is 0.266 e. The minimum atomic E-state index is -0.666. The second kappa shape index (κ2) is 27.3. The highest BCUT2D eigenvalue weighted by Gasteiger charge is 2.41. The third-order valence-electron chi connectivity index (χ3n) is 29.2. The summed E-state index contributed by atoms with van der Waals surface area (Å²) in [5, 5.41) is 10.9. The summed E-state index contributed by atoms with van der Waals surface area (Å²) < 4.78 is 7.58. The van der Waals surface area contributed by atoms with Gasteiger partial charge in [-0.05, 0) is 198 Å². The number of halogens is 2. The zero-order chi connectivity index (χ0) is 90.2. The summed E-state index contributed by atoms with van der Waals surface area (Å²) in [6.45, 7) is 32.8. The van der Waals surface area contributed by atoms with E-state index in [0.29, 0.717) is 147 Å². The van der Waals surface area contributed by atoms with Crippen molar-refractivity contribution < 1.29 is 0 Å². The van der Waals surface area contributed by atoms with Crippen molar-refractivity contribution in [1.82, 2.24) is 22.8 Å². The standard InChI is InChI=1S/C114H88Cl2N6O8/c1-49(2)61-31-23-32-62(50(3)4)103(61)119-107(123)71-43-69-83-93-81(71)73(109(119)125)45-77(115)89(93)90-78(116)46-74-87-95(90)97(83)99-86(101(87)113(129)121(110(74)126)105-65(53(9)10)35-25-36-66(105)54(11)12)70-44-72-82-75(111(127)120(108(72)124)104-63(51(5)6)33-24-34-64(104)52(7)8)47-79-91-92-80(118(79)60-41-39-59(40-42-60)117(57-27-19-17-20-28-57)58-29-21-18-22-30-58)48-76-88-96(92)98(84(70)94(82)91)100(99)85(69)102(88)114(130)122(112(76)128)106-67(55(13)14)37-26-38-68(106)56(15)16/h17-56H,1-16H3. The maximum atomic E-state index is 18.4. The molecular formula is C114H88Cl2N6O8. The first kappa shape index (κ1) is 79.5. The number of anilines is 3. The molecule has 0 bridgehead atoms. The van der Waals surface area contributed by atoms with Crippen LogP contribution in [0.4, 0.5) is 17.1 Å². The summed E-state index contributed by atoms with van der Waals surface area (Å²) in [5.41, 5.74) is 7.41. The molecule has 0 N–H and O–H groups in total. The van der Waals surface area contributed by atoms with Crippen LogP contribution < -0.4 is 49.4 Å². The quantitative estimate of drug-likeness (QED) is 0.0676. The van der Waals surface area contributed by atoms with E-state index in [1.54, 1.807) is 12.1 Å². The molecule has 636 valence electrons. The third kappa shape index (κ3) is 9.89. The van der Waals surface area contributed by atoms with E-state index in [4.69, 9.17) is 23.2 Å². The van der Waals surface area contributed by atoms with Crippen LogP contribution in [-0.2, 0) is 0 Å². The number of pyridine rings is 4. The molecule has 0 fully saturated rings. The van der Waals surface area contributed by atoms with Crippen LogP contribution in [0, 0.1) is 0 Å². The van der Waals surface area contributed by atoms with Crippen molar-refractivity contribution in [3.8, 4) is 28.4 Å². The number of benzene rings is 19. The molecule has 5 heterocycles. The van der Waals surface area contributed by atoms with E-state index in [2.05, 4.69) is 113 Å². The van der Waals surface area contributed by atoms with Gasteiger partial charge in [0.2, 0.25) is 0 Å². The molecule has 14 nitrogen and oxygen atoms in total. The first-order chi connectivity index (χ1) is 62.4. The lowest BCUT2D eigenvalue weighted by Gasteiger charge is -2.30. The molecule has 0 atom stereocenters. The summed E-state index contributed by atoms with van der Waals surface area (Å²) in [6, 6.07) is 63.2. The minimum absolute atomic E-state index is 0.0876. The van der Waals surface area contributed by atoms with Crippen LogP contribution in [0.25, 0.3) is 201 Å². The molecule has 0 aliphatic rings. The molecule has 16 heteroatoms. The Kier molecular flexibility index (Phi) is 16.7. The van der Waals surface area contributed by atoms with Gasteiger partial charge in [0, 0.05) is 141 Å². The summed E-state index contributed by atoms with van der Waals surface area (Å²) in [7, 11) is 0. The van der Waals surface area contributed by atoms with Gasteiger partial charge < -0.3 is 9.47 Å². The topological polar surface area (TPSA) is 164 Å². The summed E-state index contributed by atoms with van der Waals surface area (Å²) in [4.78, 5) is 143. The smallest absolute Gasteiger partial charge is 0.266 e. The van der Waals surface area contributed by atoms with Gasteiger partial charge in [0.05, 0.1) is 66.1 Å². The molecule has 24 rings (SSSR count). The molecule has 0 saturated heterocycles. The van der Waals surface area contributed by atoms with E-state index >= 15 is 38.4 Å². The number of hydrogen-bond acceptors (Lipinski definition) is 9. The number of fused-ring (bicyclic) bond motifs is 5. The highest BCUT2D eigenvalue weighted by molar-refractivity contribution is 6.64. The van der Waals surface area contributed by atoms with Gasteiger partial charge in [-0.25, -0.2) is 18.3 Å². The molecule has 130 heavy (non-hydrogen) atoms. The van der Waals surface area contributed by atoms with E-state index < -0.39 is 44.5 Å². The fourth-order valence-corrected chi connectivity index (χ4v) is 24.4. The predicted molar refractivity (Wildman–Crippen MR) is 543 cm³/mol. The van der Waals surface area contributed by atoms with Crippen LogP contribution in [0.5, 0.6) is 0 Å². The normalized spacial score (nSPS) is 13.0. The number of aromatic nitrogens is 5. The first-order valence-corrected chi connectivity index (χ1v) is 46.2. The third-order valence-corrected chi connectivity index (χ3v) is 29.8. The molecule has 0 spiro atoms. The molecule has 0 unspecified atom stereocenters. The van der Waals surface area contributed by atoms with Crippen LogP contribution in [0.1, 0.15) is 203 Å². The van der Waals surface area contributed by atoms with Crippen LogP contribution in [0.2, 0.25) is 10.0 Å². The Morgan fingerprint density at radius 3 is 0.746 bits per heavy atom. The van der Waals surface area contributed by atoms with Crippen molar-refractivity contribution in [3.05, 3.63) is 332 Å². The summed E-state index contributed by atoms with van der Waals surface area (Å²) in [5.74, 6) is -1.64. The molecule has 19 aromatic carbocycles. The van der Waals surface area contributed by atoms with Crippen molar-refractivity contribution in [2.75, 3.05) is 4.90 Å². The van der Waals surface area contributed by atoms with Gasteiger partial charge >= 0.3 is 0 Å². The number of para-hydroxylation sites is 6. The average molecular weight is 1740 g/mol. The molecule has 24 aromatic rings. The summed E-state index contributed by atoms with van der Waals surface area (Å²) in [6.07, 6.45) is 0. The molecule has 5 aromatic heterocycles. The Bertz CT molecular complexity index is 9450. The van der Waals surface area contributed by atoms with E-state index in [0.717, 1.165) is 61.6 Å². The molecule has 0 saturated carbocycles. The molecule has 0 radical (unpaired) electrons. The Morgan fingerprint density at radius 2 is 0.431 bits per heavy atom. The minimum Gasteiger partial charge on any atom is -0.311 e. The fraction of sp³-hybridized carbons (Fsp3) is 0.211. The lowest BCUT2D eigenvalue weighted by molar-refractivity contribution is 0.792. The average Bonchev–Trinajstić information content (AvgIpc) is 1.06. The van der Waals surface area contributed by atoms with Gasteiger partial charge in [-0.3, -0.25) is 38.4 Å². The Hall–Kier alpha value is -13.9. The van der Waals surface area contributed by atoms with Crippen molar-refractivity contribution in [2.24, 2.45) is 0 Å². The van der Waals surface area contributed by atoms with E-state index in [1.807, 2.05) is 189 Å². The van der Waals surface area contributed by atoms with E-state index in [9.17, 15) is 0 Å². The zero-order valence-corrected chi connectivity index (χ0v) is 76.3. The van der Waals surface area contributed by atoms with Crippen LogP contribution in [0.15, 0.2) is 232 Å². The van der Waals surface area contributed by atoms with E-state index in [-0.39, 0.29) is 111 Å². The second-order valence-corrected chi connectivity index (χ2v) is 39.7. The highest BCUT2D eigenvalue weighted by atomic mass is 35.5. The number of rotatable bonds is 16. The SMILES string of the molecule is CC(C)c1cccc(C(C)C)c1-n1c(=O)c2cc(Cl)c3c4c(Cl)cc5c(=O)n(-c6c(C(C)C)cccc6C(C)C)c(=O)c6c5c4c4c5c(cc(c1=O)c2c35)c1c2c(=O)n(-c3c(C(C)C)cccc3C(C)C)c(=O)c3cc5c7c(c32)c2c3c(cc8c(=O)n(-c9c(C(C)C)cccc9C(C)C)c(=O)c9cc(c7c3c89)n5-c3ccc(N(c5ccccc5)c5ccccc5)cc3)c6c4c12. The second-order valence-electron chi connectivity index (χ2n) is 38.9. The molecule has 0 amide bonds. The van der Waals surface area contributed by atoms with Crippen molar-refractivity contribution in [1.29, 1.82) is 0 Å². The largest absolute Gasteiger partial charge is 0.311 e. The summed E-state index contributed by atoms with van der Waals surface area (Å²) >= 11 is 16.5. The number of nitrogens with zero attached hydrogens (tertiary/aromatic N) is 6. The van der Waals surface area contributed by atoms with Gasteiger partial charge in [0.15, 0.2) is 0 Å². The highest BCUT2D eigenvalue weighted by Crippen LogP contribution is 2.63. The monoisotopic (exact) mass is 1740 g/mol. The Balaban J connectivity index is 1.05. The van der Waals surface area contributed by atoms with Crippen molar-refractivity contribution >= 4 is 213 Å². The number of hydrogen-bond donors (Lipinski definition) is 0. The van der Waals surface area contributed by atoms with E-state index in [1.165, 1.54) is 18.3 Å². The zero-order valence-electron chi connectivity index (χ0n) is 74.8. The maximum absolute atomic E-state index is 18.4. The lowest BCUT2D eigenvalue weighted by atomic mass is 9.73. The molecule has 0 aliphatic heterocycles. The molecule has 0 aliphatic carbocycles. The lowest BCUT2D eigenvalue weighted by Crippen LogP contribution is -2.34. The van der Waals surface area contributed by atoms with Crippen molar-refractivity contribution in [3.63, 3.8) is 0 Å². The van der Waals surface area contributed by atoms with Crippen LogP contribution in [-0.4, -0.2) is 22.8 Å². The first-order valence-electron chi connectivity index (χ1n) is 45.4. The van der Waals surface area contributed by atoms with Gasteiger partial charge in [0.25, 0.3) is 44.5 Å². The fourth-order valence-electron chi connectivity index (χ4n) is 23.8. The van der Waals surface area contributed by atoms with Gasteiger partial charge in [-0.1, -0.05) is 243 Å². The Morgan fingerprint density at radius 1 is 0.200 bits per heavy atom. The van der Waals surface area contributed by atoms with Crippen LogP contribution >= 0.6 is 23.2 Å².